The Kier molecular flexibility index (Phi) is 11.2. The average Bonchev–Trinajstić information content (AvgIpc) is 2.37. The van der Waals surface area contributed by atoms with E-state index in [-0.39, 0.29) is 12.3 Å². The number of hydrogen-bond acceptors (Lipinski definition) is 4. The molecule has 0 radical (unpaired) electrons. The summed E-state index contributed by atoms with van der Waals surface area (Å²) in [4.78, 5) is 21.8. The molecule has 0 fully saturated rings. The number of carboxylic acid groups (broad SMARTS) is 1. The molecule has 0 aromatic rings. The second-order valence-corrected chi connectivity index (χ2v) is 4.70. The van der Waals surface area contributed by atoms with Crippen molar-refractivity contribution >= 4 is 11.9 Å². The van der Waals surface area contributed by atoms with Crippen LogP contribution in [0.25, 0.3) is 0 Å². The molecule has 3 N–H and O–H groups in total. The van der Waals surface area contributed by atoms with Crippen LogP contribution in [0, 0.1) is 5.92 Å². The topological polar surface area (TPSA) is 87.7 Å². The molecule has 0 aromatic carbocycles. The lowest BCUT2D eigenvalue weighted by Gasteiger charge is -2.10. The van der Waals surface area contributed by atoms with Crippen LogP contribution in [0.15, 0.2) is 0 Å². The fraction of sp³-hybridized carbons (Fsp3) is 0.846. The van der Waals surface area contributed by atoms with Crippen LogP contribution in [0.3, 0.4) is 0 Å². The highest BCUT2D eigenvalue weighted by Crippen LogP contribution is 2.08. The number of ether oxygens (including phenoxy) is 1. The molecule has 1 atom stereocenters. The molecule has 0 aliphatic heterocycles. The van der Waals surface area contributed by atoms with Gasteiger partial charge in [0.1, 0.15) is 0 Å². The van der Waals surface area contributed by atoms with Crippen LogP contribution in [0.5, 0.6) is 0 Å². The highest BCUT2D eigenvalue weighted by molar-refractivity contribution is 5.77. The van der Waals surface area contributed by atoms with Crippen molar-refractivity contribution in [3.63, 3.8) is 0 Å². The zero-order chi connectivity index (χ0) is 14.5. The van der Waals surface area contributed by atoms with Gasteiger partial charge in [0.2, 0.25) is 5.91 Å². The molecule has 0 aliphatic rings. The first-order valence-corrected chi connectivity index (χ1v) is 6.74. The van der Waals surface area contributed by atoms with Crippen molar-refractivity contribution in [1.29, 1.82) is 0 Å². The van der Waals surface area contributed by atoms with E-state index in [0.29, 0.717) is 32.0 Å². The summed E-state index contributed by atoms with van der Waals surface area (Å²) < 4.78 is 4.88. The van der Waals surface area contributed by atoms with Gasteiger partial charge in [-0.2, -0.15) is 0 Å². The first-order chi connectivity index (χ1) is 9.06. The van der Waals surface area contributed by atoms with Gasteiger partial charge in [-0.05, 0) is 31.7 Å². The van der Waals surface area contributed by atoms with Gasteiger partial charge in [0.15, 0.2) is 0 Å². The first-order valence-electron chi connectivity index (χ1n) is 6.74. The SMILES string of the molecule is COCCCNC(=O)CNCCC(C)CCC(=O)O. The maximum absolute atomic E-state index is 11.4. The molecule has 0 saturated heterocycles. The van der Waals surface area contributed by atoms with Crippen molar-refractivity contribution in [2.24, 2.45) is 5.92 Å². The minimum atomic E-state index is -0.754. The molecule has 1 amide bonds. The Morgan fingerprint density at radius 2 is 2.00 bits per heavy atom. The van der Waals surface area contributed by atoms with Gasteiger partial charge >= 0.3 is 5.97 Å². The smallest absolute Gasteiger partial charge is 0.303 e. The van der Waals surface area contributed by atoms with Crippen LogP contribution < -0.4 is 10.6 Å². The van der Waals surface area contributed by atoms with E-state index in [1.54, 1.807) is 7.11 Å². The summed E-state index contributed by atoms with van der Waals surface area (Å²) in [5.74, 6) is -0.419. The van der Waals surface area contributed by atoms with E-state index in [0.717, 1.165) is 19.4 Å². The lowest BCUT2D eigenvalue weighted by atomic mass is 10.0. The molecule has 0 bridgehead atoms. The highest BCUT2D eigenvalue weighted by atomic mass is 16.5. The van der Waals surface area contributed by atoms with Crippen molar-refractivity contribution < 1.29 is 19.4 Å². The Morgan fingerprint density at radius 1 is 1.26 bits per heavy atom. The van der Waals surface area contributed by atoms with Crippen LogP contribution in [-0.4, -0.2) is 50.3 Å². The Hall–Kier alpha value is -1.14. The van der Waals surface area contributed by atoms with E-state index in [4.69, 9.17) is 9.84 Å². The van der Waals surface area contributed by atoms with Crippen molar-refractivity contribution in [1.82, 2.24) is 10.6 Å². The molecule has 112 valence electrons. The van der Waals surface area contributed by atoms with Crippen molar-refractivity contribution in [2.45, 2.75) is 32.6 Å². The maximum Gasteiger partial charge on any atom is 0.303 e. The molecule has 0 aromatic heterocycles. The lowest BCUT2D eigenvalue weighted by Crippen LogP contribution is -2.35. The van der Waals surface area contributed by atoms with Gasteiger partial charge < -0.3 is 20.5 Å². The first kappa shape index (κ1) is 17.9. The largest absolute Gasteiger partial charge is 0.481 e. The minimum absolute atomic E-state index is 0.0192. The van der Waals surface area contributed by atoms with Gasteiger partial charge in [-0.3, -0.25) is 9.59 Å². The molecule has 0 saturated carbocycles. The summed E-state index contributed by atoms with van der Waals surface area (Å²) in [6.07, 6.45) is 2.58. The van der Waals surface area contributed by atoms with Crippen molar-refractivity contribution in [3.8, 4) is 0 Å². The van der Waals surface area contributed by atoms with Crippen LogP contribution in [0.2, 0.25) is 0 Å². The molecule has 19 heavy (non-hydrogen) atoms. The number of rotatable bonds is 12. The highest BCUT2D eigenvalue weighted by Gasteiger charge is 2.05. The molecule has 0 rings (SSSR count). The summed E-state index contributed by atoms with van der Waals surface area (Å²) in [5, 5.41) is 14.4. The number of carboxylic acids is 1. The van der Waals surface area contributed by atoms with E-state index in [2.05, 4.69) is 10.6 Å². The Labute approximate surface area is 114 Å². The Balaban J connectivity index is 3.37. The van der Waals surface area contributed by atoms with Crippen LogP contribution in [-0.2, 0) is 14.3 Å². The molecule has 0 spiro atoms. The fourth-order valence-electron chi connectivity index (χ4n) is 1.57. The van der Waals surface area contributed by atoms with Crippen LogP contribution in [0.4, 0.5) is 0 Å². The molecule has 1 unspecified atom stereocenters. The van der Waals surface area contributed by atoms with E-state index in [1.807, 2.05) is 6.92 Å². The van der Waals surface area contributed by atoms with Crippen LogP contribution in [0.1, 0.15) is 32.6 Å². The molecular formula is C13H26N2O4. The summed E-state index contributed by atoms with van der Waals surface area (Å²) in [5.41, 5.74) is 0. The third kappa shape index (κ3) is 13.1. The van der Waals surface area contributed by atoms with Crippen LogP contribution >= 0.6 is 0 Å². The predicted molar refractivity (Wildman–Crippen MR) is 73.0 cm³/mol. The van der Waals surface area contributed by atoms with Crippen molar-refractivity contribution in [2.75, 3.05) is 33.4 Å². The zero-order valence-corrected chi connectivity index (χ0v) is 11.9. The zero-order valence-electron chi connectivity index (χ0n) is 11.9. The Morgan fingerprint density at radius 3 is 2.63 bits per heavy atom. The normalized spacial score (nSPS) is 12.1. The number of nitrogens with one attached hydrogen (secondary N) is 2. The van der Waals surface area contributed by atoms with E-state index in [9.17, 15) is 9.59 Å². The predicted octanol–water partition coefficient (Wildman–Crippen LogP) is 0.620. The molecule has 0 heterocycles. The summed E-state index contributed by atoms with van der Waals surface area (Å²) in [7, 11) is 1.63. The maximum atomic E-state index is 11.4. The van der Waals surface area contributed by atoms with Gasteiger partial charge in [0.05, 0.1) is 6.54 Å². The summed E-state index contributed by atoms with van der Waals surface area (Å²) in [6, 6.07) is 0. The summed E-state index contributed by atoms with van der Waals surface area (Å²) >= 11 is 0. The standard InChI is InChI=1S/C13H26N2O4/c1-11(4-5-13(17)18)6-8-14-10-12(16)15-7-3-9-19-2/h11,14H,3-10H2,1-2H3,(H,15,16)(H,17,18). The van der Waals surface area contributed by atoms with Gasteiger partial charge in [0, 0.05) is 26.7 Å². The quantitative estimate of drug-likeness (QED) is 0.454. The number of hydrogen-bond donors (Lipinski definition) is 3. The molecule has 6 heteroatoms. The minimum Gasteiger partial charge on any atom is -0.481 e. The van der Waals surface area contributed by atoms with Gasteiger partial charge in [-0.25, -0.2) is 0 Å². The van der Waals surface area contributed by atoms with Gasteiger partial charge in [-0.1, -0.05) is 6.92 Å². The number of carbonyl (C=O) groups is 2. The number of methoxy groups -OCH3 is 1. The average molecular weight is 274 g/mol. The van der Waals surface area contributed by atoms with Crippen molar-refractivity contribution in [3.05, 3.63) is 0 Å². The lowest BCUT2D eigenvalue weighted by molar-refractivity contribution is -0.137. The second-order valence-electron chi connectivity index (χ2n) is 4.70. The third-order valence-electron chi connectivity index (χ3n) is 2.80. The van der Waals surface area contributed by atoms with Gasteiger partial charge in [-0.15, -0.1) is 0 Å². The molecule has 0 aliphatic carbocycles. The van der Waals surface area contributed by atoms with Gasteiger partial charge in [0.25, 0.3) is 0 Å². The fourth-order valence-corrected chi connectivity index (χ4v) is 1.57. The van der Waals surface area contributed by atoms with E-state index < -0.39 is 5.97 Å². The number of carbonyl (C=O) groups excluding carboxylic acids is 1. The number of aliphatic carboxylic acids is 1. The second kappa shape index (κ2) is 11.9. The summed E-state index contributed by atoms with van der Waals surface area (Å²) in [6.45, 7) is 4.33. The number of amides is 1. The Bertz CT molecular complexity index is 259. The molecular weight excluding hydrogens is 248 g/mol. The third-order valence-corrected chi connectivity index (χ3v) is 2.80. The van der Waals surface area contributed by atoms with E-state index >= 15 is 0 Å². The van der Waals surface area contributed by atoms with E-state index in [1.165, 1.54) is 0 Å². The molecule has 6 nitrogen and oxygen atoms in total. The monoisotopic (exact) mass is 274 g/mol.